The summed E-state index contributed by atoms with van der Waals surface area (Å²) in [6.45, 7) is 0. The van der Waals surface area contributed by atoms with Crippen LogP contribution in [0.2, 0.25) is 0 Å². The Morgan fingerprint density at radius 3 is 2.00 bits per heavy atom. The average Bonchev–Trinajstić information content (AvgIpc) is 2.60. The van der Waals surface area contributed by atoms with E-state index in [9.17, 15) is 0 Å². The van der Waals surface area contributed by atoms with E-state index >= 15 is 0 Å². The Balaban J connectivity index is 2.61. The summed E-state index contributed by atoms with van der Waals surface area (Å²) in [7, 11) is 0. The van der Waals surface area contributed by atoms with Crippen molar-refractivity contribution in [2.75, 3.05) is 0 Å². The molecule has 0 aliphatic carbocycles. The van der Waals surface area contributed by atoms with Crippen LogP contribution in [0.25, 0.3) is 11.2 Å². The predicted octanol–water partition coefficient (Wildman–Crippen LogP) is 3.66. The van der Waals surface area contributed by atoms with Gasteiger partial charge in [-0.3, -0.25) is 0 Å². The van der Waals surface area contributed by atoms with Crippen LogP contribution in [0, 0.1) is 0 Å². The molecule has 0 unspecified atom stereocenters. The fourth-order valence-electron chi connectivity index (χ4n) is 1.23. The third kappa shape index (κ3) is 1.11. The van der Waals surface area contributed by atoms with Crippen molar-refractivity contribution in [3.05, 3.63) is 23.3 Å². The lowest BCUT2D eigenvalue weighted by atomic mass is 10.2. The first-order valence-corrected chi connectivity index (χ1v) is 5.55. The first-order chi connectivity index (χ1) is 5.35. The van der Waals surface area contributed by atoms with Crippen LogP contribution in [0.3, 0.4) is 0 Å². The second-order valence-electron chi connectivity index (χ2n) is 2.44. The maximum absolute atomic E-state index is 5.47. The zero-order valence-electron chi connectivity index (χ0n) is 5.73. The van der Waals surface area contributed by atoms with Gasteiger partial charge in [-0.25, -0.2) is 0 Å². The molecule has 3 heteroatoms. The van der Waals surface area contributed by atoms with Gasteiger partial charge in [-0.15, -0.1) is 0 Å². The van der Waals surface area contributed by atoms with Crippen LogP contribution in [-0.4, -0.2) is 0 Å². The van der Waals surface area contributed by atoms with E-state index in [0.717, 1.165) is 21.8 Å². The summed E-state index contributed by atoms with van der Waals surface area (Å²) < 4.78 is 5.47. The van der Waals surface area contributed by atoms with Crippen LogP contribution in [0.5, 0.6) is 0 Å². The summed E-state index contributed by atoms with van der Waals surface area (Å²) in [5.74, 6) is 0. The van der Waals surface area contributed by atoms with Gasteiger partial charge in [0.25, 0.3) is 0 Å². The van der Waals surface area contributed by atoms with Gasteiger partial charge in [0.1, 0.15) is 11.2 Å². The summed E-state index contributed by atoms with van der Waals surface area (Å²) in [6.07, 6.45) is 0. The number of benzene rings is 1. The van der Waals surface area contributed by atoms with Gasteiger partial charge >= 0.3 is 0 Å². The molecule has 0 fully saturated rings. The number of alkyl halides is 2. The summed E-state index contributed by atoms with van der Waals surface area (Å²) in [5, 5.41) is 1.74. The van der Waals surface area contributed by atoms with Crippen molar-refractivity contribution >= 4 is 43.0 Å². The molecule has 0 aliphatic heterocycles. The Bertz CT molecular complexity index is 325. The van der Waals surface area contributed by atoms with Crippen molar-refractivity contribution < 1.29 is 4.42 Å². The van der Waals surface area contributed by atoms with Gasteiger partial charge < -0.3 is 4.42 Å². The Labute approximate surface area is 81.4 Å². The molecule has 58 valence electrons. The quantitative estimate of drug-likeness (QED) is 0.764. The molecule has 0 spiro atoms. The third-order valence-electron chi connectivity index (χ3n) is 1.72. The van der Waals surface area contributed by atoms with Crippen molar-refractivity contribution in [2.24, 2.45) is 0 Å². The highest BCUT2D eigenvalue weighted by atomic mass is 79.9. The maximum atomic E-state index is 5.47. The topological polar surface area (TPSA) is 13.1 Å². The minimum atomic E-state index is 0.871. The fraction of sp³-hybridized carbons (Fsp3) is 0.250. The molecule has 2 rings (SSSR count). The lowest BCUT2D eigenvalue weighted by Crippen LogP contribution is -1.78. The van der Waals surface area contributed by atoms with Crippen molar-refractivity contribution in [3.63, 3.8) is 0 Å². The molecule has 1 nitrogen and oxygen atoms in total. The van der Waals surface area contributed by atoms with Crippen molar-refractivity contribution in [2.45, 2.75) is 10.7 Å². The zero-order valence-corrected chi connectivity index (χ0v) is 8.91. The summed E-state index contributed by atoms with van der Waals surface area (Å²) >= 11 is 6.82. The predicted molar refractivity (Wildman–Crippen MR) is 52.7 cm³/mol. The SMILES string of the molecule is BrCc1cc2cc(CBr)c1o2. The van der Waals surface area contributed by atoms with Gasteiger partial charge in [-0.2, -0.15) is 0 Å². The number of fused-ring (bicyclic) bond motifs is 2. The van der Waals surface area contributed by atoms with Gasteiger partial charge in [-0.05, 0) is 12.1 Å². The monoisotopic (exact) mass is 276 g/mol. The minimum Gasteiger partial charge on any atom is -0.457 e. The molecule has 2 heterocycles. The molecule has 11 heavy (non-hydrogen) atoms. The van der Waals surface area contributed by atoms with Crippen LogP contribution in [0.1, 0.15) is 11.1 Å². The standard InChI is InChI=1S/C8H6Br2O/c9-3-5-1-7-2-6(4-10)8(5)11-7/h1-2H,3-4H2. The number of furan rings is 2. The van der Waals surface area contributed by atoms with E-state index in [4.69, 9.17) is 4.42 Å². The molecule has 2 aromatic rings. The average molecular weight is 278 g/mol. The molecular weight excluding hydrogens is 272 g/mol. The van der Waals surface area contributed by atoms with Crippen LogP contribution in [0.15, 0.2) is 16.5 Å². The van der Waals surface area contributed by atoms with Crippen molar-refractivity contribution in [1.29, 1.82) is 0 Å². The summed E-state index contributed by atoms with van der Waals surface area (Å²) in [6, 6.07) is 4.13. The van der Waals surface area contributed by atoms with E-state index in [-0.39, 0.29) is 0 Å². The van der Waals surface area contributed by atoms with E-state index in [1.165, 1.54) is 11.1 Å². The van der Waals surface area contributed by atoms with Gasteiger partial charge in [0, 0.05) is 21.8 Å². The smallest absolute Gasteiger partial charge is 0.135 e. The third-order valence-corrected chi connectivity index (χ3v) is 2.93. The molecule has 0 radical (unpaired) electrons. The normalized spacial score (nSPS) is 11.5. The lowest BCUT2D eigenvalue weighted by molar-refractivity contribution is 0.672. The van der Waals surface area contributed by atoms with Gasteiger partial charge in [0.05, 0.1) is 0 Å². The number of hydrogen-bond acceptors (Lipinski definition) is 1. The summed E-state index contributed by atoms with van der Waals surface area (Å²) in [4.78, 5) is 0. The zero-order chi connectivity index (χ0) is 7.84. The van der Waals surface area contributed by atoms with E-state index in [1.54, 1.807) is 0 Å². The molecular formula is C8H6Br2O. The molecule has 0 amide bonds. The molecule has 0 aromatic carbocycles. The molecule has 2 aromatic heterocycles. The van der Waals surface area contributed by atoms with Gasteiger partial charge in [-0.1, -0.05) is 31.9 Å². The van der Waals surface area contributed by atoms with Crippen LogP contribution < -0.4 is 0 Å². The molecule has 2 bridgehead atoms. The van der Waals surface area contributed by atoms with Gasteiger partial charge in [0.15, 0.2) is 0 Å². The second kappa shape index (κ2) is 2.79. The molecule has 0 N–H and O–H groups in total. The first kappa shape index (κ1) is 7.62. The largest absolute Gasteiger partial charge is 0.457 e. The number of halogens is 2. The Hall–Kier alpha value is -0.0200. The van der Waals surface area contributed by atoms with Crippen LogP contribution in [0.4, 0.5) is 0 Å². The van der Waals surface area contributed by atoms with E-state index < -0.39 is 0 Å². The van der Waals surface area contributed by atoms with E-state index in [1.807, 2.05) is 0 Å². The second-order valence-corrected chi connectivity index (χ2v) is 3.56. The maximum Gasteiger partial charge on any atom is 0.135 e. The van der Waals surface area contributed by atoms with Crippen molar-refractivity contribution in [1.82, 2.24) is 0 Å². The highest BCUT2D eigenvalue weighted by Gasteiger charge is 2.11. The van der Waals surface area contributed by atoms with E-state index in [2.05, 4.69) is 44.0 Å². The minimum absolute atomic E-state index is 0.871. The van der Waals surface area contributed by atoms with E-state index in [0.29, 0.717) is 0 Å². The van der Waals surface area contributed by atoms with Crippen LogP contribution >= 0.6 is 31.9 Å². The van der Waals surface area contributed by atoms with Crippen molar-refractivity contribution in [3.8, 4) is 0 Å². The Kier molecular flexibility index (Phi) is 1.93. The first-order valence-electron chi connectivity index (χ1n) is 3.30. The number of hydrogen-bond donors (Lipinski definition) is 0. The molecule has 0 atom stereocenters. The Morgan fingerprint density at radius 1 is 1.09 bits per heavy atom. The highest BCUT2D eigenvalue weighted by molar-refractivity contribution is 9.08. The van der Waals surface area contributed by atoms with Gasteiger partial charge in [0.2, 0.25) is 0 Å². The molecule has 0 saturated carbocycles. The number of rotatable bonds is 2. The lowest BCUT2D eigenvalue weighted by Gasteiger charge is -1.92. The van der Waals surface area contributed by atoms with Crippen LogP contribution in [-0.2, 0) is 10.7 Å². The fourth-order valence-corrected chi connectivity index (χ4v) is 2.06. The Morgan fingerprint density at radius 2 is 1.64 bits per heavy atom. The highest BCUT2D eigenvalue weighted by Crippen LogP contribution is 2.29. The molecule has 0 aliphatic rings. The summed E-state index contributed by atoms with van der Waals surface area (Å²) in [5.41, 5.74) is 4.51. The molecule has 0 saturated heterocycles.